The van der Waals surface area contributed by atoms with Gasteiger partial charge in [0.1, 0.15) is 0 Å². The SMILES string of the molecule is S=C1NC(c2ccccn2)C(c2ccc(Cl)s2)N1Cc1ccccc1. The molecule has 1 aliphatic rings. The molecule has 0 amide bonds. The molecule has 1 aliphatic heterocycles. The Kier molecular flexibility index (Phi) is 4.70. The maximum atomic E-state index is 6.21. The molecule has 3 nitrogen and oxygen atoms in total. The van der Waals surface area contributed by atoms with Gasteiger partial charge in [0.15, 0.2) is 5.11 Å². The summed E-state index contributed by atoms with van der Waals surface area (Å²) in [7, 11) is 0. The number of thiophene rings is 1. The molecule has 0 saturated carbocycles. The molecule has 3 heterocycles. The van der Waals surface area contributed by atoms with Gasteiger partial charge in [-0.3, -0.25) is 4.98 Å². The minimum absolute atomic E-state index is 0.00660. The Labute approximate surface area is 161 Å². The van der Waals surface area contributed by atoms with Gasteiger partial charge in [0, 0.05) is 17.6 Å². The van der Waals surface area contributed by atoms with Gasteiger partial charge in [0.25, 0.3) is 0 Å². The fourth-order valence-corrected chi connectivity index (χ4v) is 4.67. The van der Waals surface area contributed by atoms with Crippen molar-refractivity contribution in [2.24, 2.45) is 0 Å². The van der Waals surface area contributed by atoms with Crippen LogP contribution in [0.3, 0.4) is 0 Å². The molecule has 1 aromatic carbocycles. The zero-order valence-electron chi connectivity index (χ0n) is 13.3. The van der Waals surface area contributed by atoms with Crippen LogP contribution in [-0.2, 0) is 6.54 Å². The summed E-state index contributed by atoms with van der Waals surface area (Å²) >= 11 is 13.5. The third kappa shape index (κ3) is 3.40. The molecule has 1 saturated heterocycles. The van der Waals surface area contributed by atoms with Crippen molar-refractivity contribution in [2.45, 2.75) is 18.6 Å². The number of hydrogen-bond acceptors (Lipinski definition) is 3. The Balaban J connectivity index is 1.72. The lowest BCUT2D eigenvalue weighted by molar-refractivity contribution is 0.315. The van der Waals surface area contributed by atoms with Crippen molar-refractivity contribution in [1.82, 2.24) is 15.2 Å². The number of nitrogens with one attached hydrogen (secondary N) is 1. The average molecular weight is 386 g/mol. The molecular formula is C19H16ClN3S2. The quantitative estimate of drug-likeness (QED) is 0.642. The smallest absolute Gasteiger partial charge is 0.170 e. The van der Waals surface area contributed by atoms with E-state index < -0.39 is 0 Å². The van der Waals surface area contributed by atoms with E-state index in [9.17, 15) is 0 Å². The Morgan fingerprint density at radius 3 is 2.56 bits per heavy atom. The topological polar surface area (TPSA) is 28.2 Å². The summed E-state index contributed by atoms with van der Waals surface area (Å²) in [4.78, 5) is 7.95. The van der Waals surface area contributed by atoms with Gasteiger partial charge in [-0.1, -0.05) is 48.0 Å². The minimum atomic E-state index is 0.00660. The Hall–Kier alpha value is -1.95. The molecule has 0 aliphatic carbocycles. The first-order valence-electron chi connectivity index (χ1n) is 7.99. The second kappa shape index (κ2) is 7.12. The summed E-state index contributed by atoms with van der Waals surface area (Å²) in [6.45, 7) is 0.746. The standard InChI is InChI=1S/C19H16ClN3S2/c20-16-10-9-15(25-16)18-17(14-8-4-5-11-21-14)22-19(24)23(18)12-13-6-2-1-3-7-13/h1-11,17-18H,12H2,(H,22,24). The van der Waals surface area contributed by atoms with Gasteiger partial charge in [0.2, 0.25) is 0 Å². The van der Waals surface area contributed by atoms with E-state index in [2.05, 4.69) is 45.5 Å². The first-order valence-corrected chi connectivity index (χ1v) is 9.60. The number of benzene rings is 1. The lowest BCUT2D eigenvalue weighted by atomic mass is 10.0. The number of hydrogen-bond donors (Lipinski definition) is 1. The lowest BCUT2D eigenvalue weighted by Crippen LogP contribution is -2.28. The minimum Gasteiger partial charge on any atom is -0.352 e. The fraction of sp³-hybridized carbons (Fsp3) is 0.158. The highest BCUT2D eigenvalue weighted by Gasteiger charge is 2.40. The van der Waals surface area contributed by atoms with E-state index in [1.54, 1.807) is 11.3 Å². The summed E-state index contributed by atoms with van der Waals surface area (Å²) in [5, 5.41) is 4.20. The van der Waals surface area contributed by atoms with Gasteiger partial charge in [-0.15, -0.1) is 11.3 Å². The van der Waals surface area contributed by atoms with Crippen LogP contribution in [0.1, 0.15) is 28.2 Å². The van der Waals surface area contributed by atoms with Crippen LogP contribution in [0.2, 0.25) is 4.34 Å². The summed E-state index contributed by atoms with van der Waals surface area (Å²) < 4.78 is 0.784. The molecule has 3 aromatic rings. The van der Waals surface area contributed by atoms with Crippen LogP contribution in [0.25, 0.3) is 0 Å². The third-order valence-corrected chi connectivity index (χ3v) is 5.93. The number of nitrogens with zero attached hydrogens (tertiary/aromatic N) is 2. The zero-order valence-corrected chi connectivity index (χ0v) is 15.7. The highest BCUT2D eigenvalue weighted by Crippen LogP contribution is 2.42. The summed E-state index contributed by atoms with van der Waals surface area (Å²) in [5.74, 6) is 0. The van der Waals surface area contributed by atoms with Gasteiger partial charge in [-0.2, -0.15) is 0 Å². The number of rotatable bonds is 4. The van der Waals surface area contributed by atoms with Gasteiger partial charge < -0.3 is 10.2 Å². The molecule has 0 bridgehead atoms. The largest absolute Gasteiger partial charge is 0.352 e. The van der Waals surface area contributed by atoms with E-state index in [0.717, 1.165) is 21.7 Å². The van der Waals surface area contributed by atoms with E-state index >= 15 is 0 Å². The van der Waals surface area contributed by atoms with E-state index in [-0.39, 0.29) is 12.1 Å². The normalized spacial score (nSPS) is 19.9. The predicted octanol–water partition coefficient (Wildman–Crippen LogP) is 4.97. The monoisotopic (exact) mass is 385 g/mol. The Bertz CT molecular complexity index is 867. The fourth-order valence-electron chi connectivity index (χ4n) is 3.15. The number of aromatic nitrogens is 1. The molecule has 0 radical (unpaired) electrons. The number of thiocarbonyl (C=S) groups is 1. The van der Waals surface area contributed by atoms with Crippen LogP contribution >= 0.6 is 35.2 Å². The van der Waals surface area contributed by atoms with Gasteiger partial charge in [-0.25, -0.2) is 0 Å². The molecule has 0 spiro atoms. The maximum absolute atomic E-state index is 6.21. The summed E-state index contributed by atoms with van der Waals surface area (Å²) in [6, 6.07) is 20.4. The van der Waals surface area contributed by atoms with Crippen LogP contribution in [-0.4, -0.2) is 15.0 Å². The first-order chi connectivity index (χ1) is 12.2. The second-order valence-electron chi connectivity index (χ2n) is 5.88. The molecule has 2 unspecified atom stereocenters. The number of halogens is 1. The zero-order chi connectivity index (χ0) is 17.2. The van der Waals surface area contributed by atoms with Crippen LogP contribution in [0.5, 0.6) is 0 Å². The van der Waals surface area contributed by atoms with E-state index in [1.165, 1.54) is 10.4 Å². The summed E-state index contributed by atoms with van der Waals surface area (Å²) in [6.07, 6.45) is 1.82. The van der Waals surface area contributed by atoms with Crippen LogP contribution in [0.15, 0.2) is 66.9 Å². The molecule has 25 heavy (non-hydrogen) atoms. The predicted molar refractivity (Wildman–Crippen MR) is 107 cm³/mol. The molecule has 2 aromatic heterocycles. The maximum Gasteiger partial charge on any atom is 0.170 e. The Morgan fingerprint density at radius 1 is 1.08 bits per heavy atom. The molecule has 6 heteroatoms. The highest BCUT2D eigenvalue weighted by atomic mass is 35.5. The van der Waals surface area contributed by atoms with Crippen LogP contribution < -0.4 is 5.32 Å². The van der Waals surface area contributed by atoms with Crippen molar-refractivity contribution < 1.29 is 0 Å². The average Bonchev–Trinajstić information content (AvgIpc) is 3.20. The van der Waals surface area contributed by atoms with Crippen molar-refractivity contribution in [2.75, 3.05) is 0 Å². The van der Waals surface area contributed by atoms with Crippen molar-refractivity contribution in [3.05, 3.63) is 87.3 Å². The van der Waals surface area contributed by atoms with Crippen molar-refractivity contribution >= 4 is 40.3 Å². The van der Waals surface area contributed by atoms with Gasteiger partial charge in [-0.05, 0) is 42.0 Å². The van der Waals surface area contributed by atoms with E-state index in [1.807, 2.05) is 36.5 Å². The molecule has 1 N–H and O–H groups in total. The molecule has 126 valence electrons. The van der Waals surface area contributed by atoms with Crippen molar-refractivity contribution in [3.63, 3.8) is 0 Å². The lowest BCUT2D eigenvalue weighted by Gasteiger charge is -2.26. The van der Waals surface area contributed by atoms with Gasteiger partial charge >= 0.3 is 0 Å². The van der Waals surface area contributed by atoms with Crippen LogP contribution in [0.4, 0.5) is 0 Å². The molecule has 4 rings (SSSR count). The second-order valence-corrected chi connectivity index (χ2v) is 8.02. The number of pyridine rings is 1. The third-order valence-electron chi connectivity index (χ3n) is 4.28. The van der Waals surface area contributed by atoms with Gasteiger partial charge in [0.05, 0.1) is 22.1 Å². The first kappa shape index (κ1) is 16.5. The van der Waals surface area contributed by atoms with Crippen molar-refractivity contribution in [1.29, 1.82) is 0 Å². The highest BCUT2D eigenvalue weighted by molar-refractivity contribution is 7.80. The van der Waals surface area contributed by atoms with Crippen LogP contribution in [0, 0.1) is 0 Å². The van der Waals surface area contributed by atoms with Crippen molar-refractivity contribution in [3.8, 4) is 0 Å². The van der Waals surface area contributed by atoms with E-state index in [4.69, 9.17) is 23.8 Å². The van der Waals surface area contributed by atoms with E-state index in [0.29, 0.717) is 0 Å². The molecule has 2 atom stereocenters. The summed E-state index contributed by atoms with van der Waals surface area (Å²) in [5.41, 5.74) is 2.20. The molecule has 1 fully saturated rings. The molecular weight excluding hydrogens is 370 g/mol. The Morgan fingerprint density at radius 2 is 1.88 bits per heavy atom.